The number of hydrogen-bond donors (Lipinski definition) is 0. The van der Waals surface area contributed by atoms with Crippen molar-refractivity contribution in [2.75, 3.05) is 20.1 Å². The third-order valence-electron chi connectivity index (χ3n) is 3.04. The Morgan fingerprint density at radius 3 is 2.56 bits per heavy atom. The van der Waals surface area contributed by atoms with E-state index >= 15 is 0 Å². The second-order valence-electron chi connectivity index (χ2n) is 4.23. The lowest BCUT2D eigenvalue weighted by Gasteiger charge is -2.12. The maximum Gasteiger partial charge on any atom is 0.233 e. The molecule has 16 heavy (non-hydrogen) atoms. The van der Waals surface area contributed by atoms with Crippen LogP contribution < -0.4 is 0 Å². The molecule has 86 valence electrons. The van der Waals surface area contributed by atoms with Crippen LogP contribution in [0.4, 0.5) is 4.39 Å². The van der Waals surface area contributed by atoms with Crippen LogP contribution >= 0.6 is 0 Å². The van der Waals surface area contributed by atoms with Gasteiger partial charge in [0.25, 0.3) is 0 Å². The minimum absolute atomic E-state index is 0.138. The first-order valence-corrected chi connectivity index (χ1v) is 5.15. The molecule has 1 fully saturated rings. The zero-order chi connectivity index (χ0) is 11.7. The summed E-state index contributed by atoms with van der Waals surface area (Å²) in [6.45, 7) is 1.10. The normalized spacial score (nSPS) is 25.9. The summed E-state index contributed by atoms with van der Waals surface area (Å²) < 4.78 is 12.8. The predicted molar refractivity (Wildman–Crippen MR) is 57.4 cm³/mol. The Morgan fingerprint density at radius 2 is 2.00 bits per heavy atom. The van der Waals surface area contributed by atoms with Gasteiger partial charge in [-0.25, -0.2) is 4.39 Å². The molecule has 0 amide bonds. The highest BCUT2D eigenvalue weighted by molar-refractivity contribution is 5.23. The van der Waals surface area contributed by atoms with E-state index in [4.69, 9.17) is 0 Å². The van der Waals surface area contributed by atoms with Crippen molar-refractivity contribution in [2.24, 2.45) is 0 Å². The summed E-state index contributed by atoms with van der Waals surface area (Å²) in [6.07, 6.45) is 0. The van der Waals surface area contributed by atoms with Gasteiger partial charge in [0.1, 0.15) is 5.82 Å². The molecule has 0 bridgehead atoms. The van der Waals surface area contributed by atoms with Crippen molar-refractivity contribution >= 4 is 0 Å². The number of benzene rings is 1. The molecule has 0 N–H and O–H groups in total. The van der Waals surface area contributed by atoms with Gasteiger partial charge in [0.05, 0.1) is 12.5 Å². The second-order valence-corrected chi connectivity index (χ2v) is 4.23. The minimum atomic E-state index is -0.588. The average Bonchev–Trinajstić information content (AvgIpc) is 2.61. The third kappa shape index (κ3) is 2.04. The number of hydrogen-bond acceptors (Lipinski definition) is 3. The van der Waals surface area contributed by atoms with E-state index in [9.17, 15) is 14.5 Å². The number of nitrogens with zero attached hydrogens (tertiary/aromatic N) is 2. The van der Waals surface area contributed by atoms with Gasteiger partial charge in [0.15, 0.2) is 0 Å². The van der Waals surface area contributed by atoms with Crippen LogP contribution in [0.15, 0.2) is 24.3 Å². The van der Waals surface area contributed by atoms with Gasteiger partial charge < -0.3 is 0 Å². The fourth-order valence-corrected chi connectivity index (χ4v) is 2.23. The Bertz CT molecular complexity index is 393. The molecular formula is C11H13FN2O2. The van der Waals surface area contributed by atoms with Gasteiger partial charge in [0.2, 0.25) is 6.04 Å². The zero-order valence-electron chi connectivity index (χ0n) is 8.97. The molecule has 2 rings (SSSR count). The van der Waals surface area contributed by atoms with Crippen molar-refractivity contribution in [1.82, 2.24) is 4.90 Å². The molecule has 1 aromatic carbocycles. The molecule has 1 aromatic rings. The van der Waals surface area contributed by atoms with Gasteiger partial charge in [-0.2, -0.15) is 0 Å². The summed E-state index contributed by atoms with van der Waals surface area (Å²) in [7, 11) is 1.86. The molecule has 0 spiro atoms. The third-order valence-corrected chi connectivity index (χ3v) is 3.04. The fraction of sp³-hybridized carbons (Fsp3) is 0.455. The Hall–Kier alpha value is -1.49. The largest absolute Gasteiger partial charge is 0.299 e. The number of halogens is 1. The summed E-state index contributed by atoms with van der Waals surface area (Å²) >= 11 is 0. The van der Waals surface area contributed by atoms with Gasteiger partial charge >= 0.3 is 0 Å². The van der Waals surface area contributed by atoms with Crippen LogP contribution in [0.3, 0.4) is 0 Å². The molecule has 1 aliphatic rings. The summed E-state index contributed by atoms with van der Waals surface area (Å²) in [5, 5.41) is 10.9. The Kier molecular flexibility index (Phi) is 2.87. The number of likely N-dealkylation sites (tertiary alicyclic amines) is 1. The van der Waals surface area contributed by atoms with Gasteiger partial charge in [-0.05, 0) is 24.7 Å². The molecule has 0 saturated carbocycles. The van der Waals surface area contributed by atoms with Crippen LogP contribution in [0.25, 0.3) is 0 Å². The van der Waals surface area contributed by atoms with Gasteiger partial charge in [-0.15, -0.1) is 0 Å². The van der Waals surface area contributed by atoms with Crippen LogP contribution in [0, 0.1) is 15.9 Å². The number of likely N-dealkylation sites (N-methyl/N-ethyl adjacent to an activating group) is 1. The molecule has 0 radical (unpaired) electrons. The van der Waals surface area contributed by atoms with Crippen molar-refractivity contribution < 1.29 is 9.31 Å². The SMILES string of the molecule is CN1CC(c2ccc(F)cc2)C([N+](=O)[O-])C1. The van der Waals surface area contributed by atoms with E-state index in [0.29, 0.717) is 13.1 Å². The maximum absolute atomic E-state index is 12.8. The second kappa shape index (κ2) is 4.17. The molecule has 1 saturated heterocycles. The standard InChI is InChI=1S/C11H13FN2O2/c1-13-6-10(11(7-13)14(15)16)8-2-4-9(12)5-3-8/h2-5,10-11H,6-7H2,1H3. The van der Waals surface area contributed by atoms with Gasteiger partial charge in [-0.3, -0.25) is 15.0 Å². The van der Waals surface area contributed by atoms with Crippen LogP contribution in [0.1, 0.15) is 11.5 Å². The monoisotopic (exact) mass is 224 g/mol. The fourth-order valence-electron chi connectivity index (χ4n) is 2.23. The first kappa shape index (κ1) is 11.0. The molecule has 5 heteroatoms. The van der Waals surface area contributed by atoms with E-state index in [1.54, 1.807) is 12.1 Å². The minimum Gasteiger partial charge on any atom is -0.299 e. The molecular weight excluding hydrogens is 211 g/mol. The van der Waals surface area contributed by atoms with E-state index in [-0.39, 0.29) is 16.7 Å². The molecule has 4 nitrogen and oxygen atoms in total. The van der Waals surface area contributed by atoms with E-state index in [1.165, 1.54) is 12.1 Å². The first-order chi connectivity index (χ1) is 7.58. The van der Waals surface area contributed by atoms with Crippen LogP contribution in [0.5, 0.6) is 0 Å². The summed E-state index contributed by atoms with van der Waals surface area (Å²) in [5.74, 6) is -0.451. The molecule has 1 aliphatic heterocycles. The van der Waals surface area contributed by atoms with Crippen molar-refractivity contribution in [1.29, 1.82) is 0 Å². The summed E-state index contributed by atoms with van der Waals surface area (Å²) in [5.41, 5.74) is 0.840. The molecule has 0 aliphatic carbocycles. The lowest BCUT2D eigenvalue weighted by Crippen LogP contribution is -2.27. The predicted octanol–water partition coefficient (Wildman–Crippen LogP) is 1.50. The van der Waals surface area contributed by atoms with Crippen molar-refractivity contribution in [3.8, 4) is 0 Å². The highest BCUT2D eigenvalue weighted by atomic mass is 19.1. The van der Waals surface area contributed by atoms with Gasteiger partial charge in [-0.1, -0.05) is 12.1 Å². The number of nitro groups is 1. The van der Waals surface area contributed by atoms with Crippen molar-refractivity contribution in [3.05, 3.63) is 45.8 Å². The van der Waals surface area contributed by atoms with Crippen LogP contribution in [0.2, 0.25) is 0 Å². The first-order valence-electron chi connectivity index (χ1n) is 5.15. The topological polar surface area (TPSA) is 46.4 Å². The van der Waals surface area contributed by atoms with E-state index in [2.05, 4.69) is 0 Å². The Labute approximate surface area is 92.8 Å². The molecule has 2 unspecified atom stereocenters. The average molecular weight is 224 g/mol. The van der Waals surface area contributed by atoms with E-state index in [1.807, 2.05) is 11.9 Å². The summed E-state index contributed by atoms with van der Waals surface area (Å²) in [6, 6.07) is 5.39. The number of rotatable bonds is 2. The molecule has 0 aromatic heterocycles. The highest BCUT2D eigenvalue weighted by Gasteiger charge is 2.40. The Balaban J connectivity index is 2.25. The maximum atomic E-state index is 12.8. The highest BCUT2D eigenvalue weighted by Crippen LogP contribution is 2.28. The molecule has 1 heterocycles. The van der Waals surface area contributed by atoms with Crippen molar-refractivity contribution in [2.45, 2.75) is 12.0 Å². The quantitative estimate of drug-likeness (QED) is 0.565. The lowest BCUT2D eigenvalue weighted by atomic mass is 9.95. The van der Waals surface area contributed by atoms with Crippen molar-refractivity contribution in [3.63, 3.8) is 0 Å². The van der Waals surface area contributed by atoms with E-state index < -0.39 is 6.04 Å². The van der Waals surface area contributed by atoms with E-state index in [0.717, 1.165) is 5.56 Å². The Morgan fingerprint density at radius 1 is 1.38 bits per heavy atom. The lowest BCUT2D eigenvalue weighted by molar-refractivity contribution is -0.521. The zero-order valence-corrected chi connectivity index (χ0v) is 8.97. The smallest absolute Gasteiger partial charge is 0.233 e. The summed E-state index contributed by atoms with van der Waals surface area (Å²) in [4.78, 5) is 12.6. The molecule has 2 atom stereocenters. The van der Waals surface area contributed by atoms with Crippen LogP contribution in [-0.4, -0.2) is 36.0 Å². The van der Waals surface area contributed by atoms with Gasteiger partial charge in [0, 0.05) is 11.5 Å². The van der Waals surface area contributed by atoms with Crippen LogP contribution in [-0.2, 0) is 0 Å².